The van der Waals surface area contributed by atoms with Gasteiger partial charge in [0.05, 0.1) is 6.42 Å². The Kier molecular flexibility index (Phi) is 6.33. The van der Waals surface area contributed by atoms with Crippen molar-refractivity contribution in [2.45, 2.75) is 39.3 Å². The minimum atomic E-state index is -4.07. The Balaban J connectivity index is 4.05. The van der Waals surface area contributed by atoms with Crippen LogP contribution in [0.1, 0.15) is 33.1 Å². The Bertz CT molecular complexity index is 194. The average Bonchev–Trinajstić information content (AvgIpc) is 2.14. The molecule has 16 heavy (non-hydrogen) atoms. The fourth-order valence-electron chi connectivity index (χ4n) is 1.90. The maximum Gasteiger partial charge on any atom is 0.390 e. The zero-order valence-corrected chi connectivity index (χ0v) is 10.4. The van der Waals surface area contributed by atoms with Crippen molar-refractivity contribution in [1.82, 2.24) is 4.90 Å². The third-order valence-corrected chi connectivity index (χ3v) is 2.77. The zero-order valence-electron chi connectivity index (χ0n) is 10.4. The Hall–Kier alpha value is -0.290. The summed E-state index contributed by atoms with van der Waals surface area (Å²) < 4.78 is 36.1. The van der Waals surface area contributed by atoms with E-state index in [1.165, 1.54) is 0 Å². The van der Waals surface area contributed by atoms with Crippen LogP contribution in [0.2, 0.25) is 0 Å². The molecule has 1 unspecified atom stereocenters. The van der Waals surface area contributed by atoms with E-state index in [1.807, 2.05) is 6.92 Å². The highest BCUT2D eigenvalue weighted by Gasteiger charge is 2.29. The largest absolute Gasteiger partial charge is 0.390 e. The van der Waals surface area contributed by atoms with Crippen molar-refractivity contribution >= 4 is 0 Å². The third-order valence-electron chi connectivity index (χ3n) is 2.77. The van der Waals surface area contributed by atoms with Gasteiger partial charge < -0.3 is 10.6 Å². The molecule has 0 aliphatic rings. The van der Waals surface area contributed by atoms with E-state index in [2.05, 4.69) is 6.92 Å². The van der Waals surface area contributed by atoms with Crippen LogP contribution in [-0.2, 0) is 0 Å². The van der Waals surface area contributed by atoms with Crippen molar-refractivity contribution in [3.05, 3.63) is 0 Å². The number of hydrogen-bond acceptors (Lipinski definition) is 2. The quantitative estimate of drug-likeness (QED) is 0.741. The summed E-state index contributed by atoms with van der Waals surface area (Å²) in [5, 5.41) is 0. The number of alkyl halides is 3. The van der Waals surface area contributed by atoms with Crippen molar-refractivity contribution in [2.24, 2.45) is 11.1 Å². The van der Waals surface area contributed by atoms with Gasteiger partial charge >= 0.3 is 6.18 Å². The van der Waals surface area contributed by atoms with Gasteiger partial charge in [-0.25, -0.2) is 0 Å². The molecular weight excluding hydrogens is 217 g/mol. The second-order valence-corrected chi connectivity index (χ2v) is 4.87. The third kappa shape index (κ3) is 7.06. The van der Waals surface area contributed by atoms with E-state index in [1.54, 1.807) is 11.9 Å². The lowest BCUT2D eigenvalue weighted by atomic mass is 9.85. The first-order valence-electron chi connectivity index (χ1n) is 5.68. The maximum atomic E-state index is 12.0. The van der Waals surface area contributed by atoms with Crippen LogP contribution in [0.4, 0.5) is 13.2 Å². The molecule has 2 N–H and O–H groups in total. The minimum absolute atomic E-state index is 0.0444. The van der Waals surface area contributed by atoms with Crippen LogP contribution in [0.25, 0.3) is 0 Å². The number of hydrogen-bond donors (Lipinski definition) is 1. The predicted octanol–water partition coefficient (Wildman–Crippen LogP) is 2.64. The van der Waals surface area contributed by atoms with Crippen molar-refractivity contribution in [1.29, 1.82) is 0 Å². The highest BCUT2D eigenvalue weighted by Crippen LogP contribution is 2.24. The number of nitrogens with zero attached hydrogens (tertiary/aromatic N) is 1. The Labute approximate surface area is 96.0 Å². The standard InChI is InChI=1S/C11H23F3N2/c1-4-5-10(2,8-15)9-16(3)7-6-11(12,13)14/h4-9,15H2,1-3H3. The minimum Gasteiger partial charge on any atom is -0.330 e. The van der Waals surface area contributed by atoms with E-state index in [4.69, 9.17) is 5.73 Å². The highest BCUT2D eigenvalue weighted by atomic mass is 19.4. The molecule has 0 aromatic rings. The zero-order chi connectivity index (χ0) is 12.8. The predicted molar refractivity (Wildman–Crippen MR) is 60.2 cm³/mol. The van der Waals surface area contributed by atoms with E-state index < -0.39 is 12.6 Å². The van der Waals surface area contributed by atoms with Gasteiger partial charge in [0.15, 0.2) is 0 Å². The average molecular weight is 240 g/mol. The van der Waals surface area contributed by atoms with Gasteiger partial charge in [-0.3, -0.25) is 0 Å². The van der Waals surface area contributed by atoms with Gasteiger partial charge in [-0.05, 0) is 25.4 Å². The monoisotopic (exact) mass is 240 g/mol. The lowest BCUT2D eigenvalue weighted by Gasteiger charge is -2.32. The summed E-state index contributed by atoms with van der Waals surface area (Å²) in [6, 6.07) is 0. The molecule has 0 aliphatic carbocycles. The normalized spacial score (nSPS) is 16.5. The smallest absolute Gasteiger partial charge is 0.330 e. The number of halogens is 3. The maximum absolute atomic E-state index is 12.0. The lowest BCUT2D eigenvalue weighted by Crippen LogP contribution is -2.40. The molecule has 0 saturated carbocycles. The van der Waals surface area contributed by atoms with E-state index in [0.717, 1.165) is 12.8 Å². The van der Waals surface area contributed by atoms with E-state index in [9.17, 15) is 13.2 Å². The van der Waals surface area contributed by atoms with Crippen LogP contribution in [0, 0.1) is 5.41 Å². The lowest BCUT2D eigenvalue weighted by molar-refractivity contribution is -0.137. The van der Waals surface area contributed by atoms with Crippen LogP contribution in [0.3, 0.4) is 0 Å². The van der Waals surface area contributed by atoms with Crippen LogP contribution in [0.5, 0.6) is 0 Å². The molecule has 0 heterocycles. The molecule has 0 fully saturated rings. The van der Waals surface area contributed by atoms with Crippen molar-refractivity contribution in [3.63, 3.8) is 0 Å². The van der Waals surface area contributed by atoms with Crippen molar-refractivity contribution < 1.29 is 13.2 Å². The van der Waals surface area contributed by atoms with Crippen LogP contribution >= 0.6 is 0 Å². The molecule has 0 bridgehead atoms. The van der Waals surface area contributed by atoms with E-state index >= 15 is 0 Å². The van der Waals surface area contributed by atoms with Gasteiger partial charge in [0, 0.05) is 13.1 Å². The molecule has 2 nitrogen and oxygen atoms in total. The summed E-state index contributed by atoms with van der Waals surface area (Å²) >= 11 is 0. The van der Waals surface area contributed by atoms with Crippen molar-refractivity contribution in [2.75, 3.05) is 26.7 Å². The summed E-state index contributed by atoms with van der Waals surface area (Å²) in [5.74, 6) is 0. The molecule has 5 heteroatoms. The molecule has 0 spiro atoms. The highest BCUT2D eigenvalue weighted by molar-refractivity contribution is 4.78. The van der Waals surface area contributed by atoms with E-state index in [0.29, 0.717) is 13.1 Å². The summed E-state index contributed by atoms with van der Waals surface area (Å²) in [4.78, 5) is 1.72. The van der Waals surface area contributed by atoms with Gasteiger partial charge in [0.25, 0.3) is 0 Å². The first kappa shape index (κ1) is 15.7. The Morgan fingerprint density at radius 2 is 1.75 bits per heavy atom. The molecule has 0 saturated heterocycles. The summed E-state index contributed by atoms with van der Waals surface area (Å²) in [6.07, 6.45) is -2.88. The second-order valence-electron chi connectivity index (χ2n) is 4.87. The molecule has 0 aromatic heterocycles. The van der Waals surface area contributed by atoms with Crippen LogP contribution in [0.15, 0.2) is 0 Å². The van der Waals surface area contributed by atoms with Crippen molar-refractivity contribution in [3.8, 4) is 0 Å². The molecular formula is C11H23F3N2. The molecule has 0 aromatic carbocycles. The number of nitrogens with two attached hydrogens (primary N) is 1. The molecule has 0 aliphatic heterocycles. The second kappa shape index (κ2) is 6.45. The molecule has 0 radical (unpaired) electrons. The van der Waals surface area contributed by atoms with E-state index in [-0.39, 0.29) is 12.0 Å². The van der Waals surface area contributed by atoms with Gasteiger partial charge in [0.2, 0.25) is 0 Å². The Morgan fingerprint density at radius 3 is 2.12 bits per heavy atom. The van der Waals surface area contributed by atoms with Gasteiger partial charge in [-0.2, -0.15) is 13.2 Å². The first-order chi connectivity index (χ1) is 7.22. The summed E-state index contributed by atoms with van der Waals surface area (Å²) in [6.45, 7) is 5.26. The summed E-state index contributed by atoms with van der Waals surface area (Å²) in [7, 11) is 1.72. The SMILES string of the molecule is CCCC(C)(CN)CN(C)CCC(F)(F)F. The molecule has 98 valence electrons. The van der Waals surface area contributed by atoms with Gasteiger partial charge in [-0.15, -0.1) is 0 Å². The van der Waals surface area contributed by atoms with Crippen LogP contribution in [-0.4, -0.2) is 37.8 Å². The number of rotatable bonds is 7. The fourth-order valence-corrected chi connectivity index (χ4v) is 1.90. The van der Waals surface area contributed by atoms with Gasteiger partial charge in [-0.1, -0.05) is 20.3 Å². The topological polar surface area (TPSA) is 29.3 Å². The molecule has 1 atom stereocenters. The fraction of sp³-hybridized carbons (Fsp3) is 1.00. The molecule has 0 amide bonds. The van der Waals surface area contributed by atoms with Crippen LogP contribution < -0.4 is 5.73 Å². The summed E-state index contributed by atoms with van der Waals surface area (Å²) in [5.41, 5.74) is 5.60. The first-order valence-corrected chi connectivity index (χ1v) is 5.68. The Morgan fingerprint density at radius 1 is 1.19 bits per heavy atom. The molecule has 0 rings (SSSR count). The van der Waals surface area contributed by atoms with Gasteiger partial charge in [0.1, 0.15) is 0 Å².